The number of ether oxygens (including phenoxy) is 5. The van der Waals surface area contributed by atoms with Gasteiger partial charge in [-0.05, 0) is 16.6 Å². The SMILES string of the molecule is COC(=O)[C@H]1O[C@](O)(C2=C([N+](=O)[O-])CC(=CBr)C=C2)[C@H](OC(C)=O)[C@@H](OC(C)=O)[C@@H]1OC(C)=O. The minimum atomic E-state index is -2.89. The van der Waals surface area contributed by atoms with Crippen LogP contribution in [-0.4, -0.2) is 71.2 Å². The quantitative estimate of drug-likeness (QED) is 0.214. The van der Waals surface area contributed by atoms with E-state index in [4.69, 9.17) is 18.9 Å². The van der Waals surface area contributed by atoms with Crippen LogP contribution in [0.2, 0.25) is 0 Å². The van der Waals surface area contributed by atoms with Gasteiger partial charge in [-0.25, -0.2) is 4.79 Å². The predicted octanol–water partition coefficient (Wildman–Crippen LogP) is 0.811. The molecule has 1 saturated heterocycles. The van der Waals surface area contributed by atoms with Crippen LogP contribution in [0.25, 0.3) is 0 Å². The van der Waals surface area contributed by atoms with Gasteiger partial charge in [-0.2, -0.15) is 0 Å². The average molecular weight is 548 g/mol. The predicted molar refractivity (Wildman–Crippen MR) is 113 cm³/mol. The number of methoxy groups -OCH3 is 1. The Morgan fingerprint density at radius 1 is 1.12 bits per heavy atom. The summed E-state index contributed by atoms with van der Waals surface area (Å²) in [6, 6.07) is 0. The van der Waals surface area contributed by atoms with Crippen LogP contribution in [-0.2, 0) is 42.9 Å². The van der Waals surface area contributed by atoms with Crippen LogP contribution in [0.5, 0.6) is 0 Å². The van der Waals surface area contributed by atoms with Gasteiger partial charge in [0.1, 0.15) is 0 Å². The summed E-state index contributed by atoms with van der Waals surface area (Å²) in [5.74, 6) is -6.93. The summed E-state index contributed by atoms with van der Waals surface area (Å²) >= 11 is 3.08. The van der Waals surface area contributed by atoms with Gasteiger partial charge in [0.05, 0.1) is 24.0 Å². The Kier molecular flexibility index (Phi) is 8.69. The number of carbonyl (C=O) groups excluding carboxylic acids is 4. The zero-order chi connectivity index (χ0) is 25.8. The fourth-order valence-corrected chi connectivity index (χ4v) is 3.89. The first-order chi connectivity index (χ1) is 15.8. The molecule has 5 atom stereocenters. The molecular weight excluding hydrogens is 526 g/mol. The van der Waals surface area contributed by atoms with Gasteiger partial charge in [0, 0.05) is 20.8 Å². The summed E-state index contributed by atoms with van der Waals surface area (Å²) in [5.41, 5.74) is -0.573. The number of halogens is 1. The molecule has 14 heteroatoms. The monoisotopic (exact) mass is 547 g/mol. The van der Waals surface area contributed by atoms with E-state index in [0.717, 1.165) is 34.0 Å². The van der Waals surface area contributed by atoms with Crippen molar-refractivity contribution in [3.8, 4) is 0 Å². The first-order valence-corrected chi connectivity index (χ1v) is 10.6. The lowest BCUT2D eigenvalue weighted by Crippen LogP contribution is -2.69. The smallest absolute Gasteiger partial charge is 0.339 e. The second-order valence-corrected chi connectivity index (χ2v) is 7.71. The van der Waals surface area contributed by atoms with Crippen molar-refractivity contribution < 1.29 is 52.9 Å². The molecule has 13 nitrogen and oxygen atoms in total. The highest BCUT2D eigenvalue weighted by atomic mass is 79.9. The molecule has 0 unspecified atom stereocenters. The first-order valence-electron chi connectivity index (χ1n) is 9.70. The van der Waals surface area contributed by atoms with Gasteiger partial charge < -0.3 is 28.8 Å². The molecule has 0 amide bonds. The lowest BCUT2D eigenvalue weighted by Gasteiger charge is -2.48. The maximum atomic E-state index is 12.5. The third kappa shape index (κ3) is 5.69. The van der Waals surface area contributed by atoms with Crippen molar-refractivity contribution in [2.75, 3.05) is 7.11 Å². The number of carbonyl (C=O) groups is 4. The van der Waals surface area contributed by atoms with Crippen molar-refractivity contribution in [2.45, 2.75) is 57.4 Å². The topological polar surface area (TPSA) is 178 Å². The maximum Gasteiger partial charge on any atom is 0.339 e. The number of rotatable bonds is 6. The third-order valence-corrected chi connectivity index (χ3v) is 5.42. The van der Waals surface area contributed by atoms with E-state index in [1.165, 1.54) is 11.1 Å². The van der Waals surface area contributed by atoms with Gasteiger partial charge in [-0.3, -0.25) is 24.5 Å². The number of hydrogen-bond donors (Lipinski definition) is 1. The largest absolute Gasteiger partial charge is 0.467 e. The van der Waals surface area contributed by atoms with Crippen LogP contribution < -0.4 is 0 Å². The van der Waals surface area contributed by atoms with Gasteiger partial charge in [-0.1, -0.05) is 22.0 Å². The van der Waals surface area contributed by atoms with Gasteiger partial charge in [0.2, 0.25) is 11.9 Å². The Morgan fingerprint density at radius 3 is 2.15 bits per heavy atom. The number of nitro groups is 1. The molecular formula is C20H22BrNO12. The standard InChI is InChI=1S/C20H22BrNO12/c1-9(23)31-15-16(32-10(2)24)18(33-11(3)25)20(27,34-17(15)19(26)30-4)13-6-5-12(8-21)7-14(13)22(28)29/h5-6,8,15-18,27H,7H2,1-4H3/t15-,16-,17-,18+,20+/m0/s1. The van der Waals surface area contributed by atoms with E-state index in [9.17, 15) is 34.4 Å². The van der Waals surface area contributed by atoms with E-state index < -0.39 is 70.3 Å². The lowest BCUT2D eigenvalue weighted by molar-refractivity contribution is -0.431. The lowest BCUT2D eigenvalue weighted by atomic mass is 9.83. The number of allylic oxidation sites excluding steroid dienone is 2. The minimum absolute atomic E-state index is 0.281. The molecule has 0 spiro atoms. The molecule has 0 radical (unpaired) electrons. The first kappa shape index (κ1) is 27.1. The molecule has 1 N–H and O–H groups in total. The fraction of sp³-hybridized carbons (Fsp3) is 0.500. The molecule has 1 aliphatic carbocycles. The minimum Gasteiger partial charge on any atom is -0.467 e. The van der Waals surface area contributed by atoms with Crippen LogP contribution in [0.3, 0.4) is 0 Å². The second-order valence-electron chi connectivity index (χ2n) is 7.25. The van der Waals surface area contributed by atoms with Crippen LogP contribution in [0, 0.1) is 10.1 Å². The third-order valence-electron chi connectivity index (χ3n) is 4.84. The highest BCUT2D eigenvalue weighted by Gasteiger charge is 2.64. The van der Waals surface area contributed by atoms with Gasteiger partial charge in [0.15, 0.2) is 18.3 Å². The second kappa shape index (κ2) is 10.9. The number of aliphatic hydroxyl groups is 1. The van der Waals surface area contributed by atoms with E-state index in [-0.39, 0.29) is 6.42 Å². The van der Waals surface area contributed by atoms with E-state index >= 15 is 0 Å². The molecule has 0 saturated carbocycles. The van der Waals surface area contributed by atoms with Crippen LogP contribution in [0.4, 0.5) is 0 Å². The molecule has 34 heavy (non-hydrogen) atoms. The van der Waals surface area contributed by atoms with Crippen molar-refractivity contribution in [1.29, 1.82) is 0 Å². The number of nitrogens with zero attached hydrogens (tertiary/aromatic N) is 1. The van der Waals surface area contributed by atoms with Crippen molar-refractivity contribution in [2.24, 2.45) is 0 Å². The van der Waals surface area contributed by atoms with Crippen LogP contribution in [0.15, 0.2) is 34.0 Å². The average Bonchev–Trinajstić information content (AvgIpc) is 2.76. The number of hydrogen-bond acceptors (Lipinski definition) is 12. The molecule has 0 aromatic heterocycles. The molecule has 1 heterocycles. The summed E-state index contributed by atoms with van der Waals surface area (Å²) in [4.78, 5) is 60.5. The Hall–Kier alpha value is -3.10. The highest BCUT2D eigenvalue weighted by Crippen LogP contribution is 2.42. The summed E-state index contributed by atoms with van der Waals surface area (Å²) < 4.78 is 25.7. The summed E-state index contributed by atoms with van der Waals surface area (Å²) in [6.07, 6.45) is -5.18. The molecule has 1 aliphatic heterocycles. The molecule has 2 rings (SSSR count). The van der Waals surface area contributed by atoms with Crippen molar-refractivity contribution in [3.63, 3.8) is 0 Å². The summed E-state index contributed by atoms with van der Waals surface area (Å²) in [7, 11) is 0.976. The van der Waals surface area contributed by atoms with Gasteiger partial charge in [-0.15, -0.1) is 0 Å². The van der Waals surface area contributed by atoms with Crippen LogP contribution in [0.1, 0.15) is 27.2 Å². The summed E-state index contributed by atoms with van der Waals surface area (Å²) in [6.45, 7) is 2.93. The Labute approximate surface area is 201 Å². The Bertz CT molecular complexity index is 986. The highest BCUT2D eigenvalue weighted by molar-refractivity contribution is 9.11. The molecule has 2 aliphatic rings. The van der Waals surface area contributed by atoms with E-state index in [0.29, 0.717) is 5.57 Å². The Morgan fingerprint density at radius 2 is 1.68 bits per heavy atom. The number of esters is 4. The zero-order valence-corrected chi connectivity index (χ0v) is 20.1. The molecule has 0 bridgehead atoms. The molecule has 0 aromatic rings. The van der Waals surface area contributed by atoms with E-state index in [1.54, 1.807) is 0 Å². The fourth-order valence-electron chi connectivity index (χ4n) is 3.57. The van der Waals surface area contributed by atoms with Crippen LogP contribution >= 0.6 is 15.9 Å². The van der Waals surface area contributed by atoms with Crippen molar-refractivity contribution >= 4 is 39.8 Å². The van der Waals surface area contributed by atoms with Crippen molar-refractivity contribution in [1.82, 2.24) is 0 Å². The van der Waals surface area contributed by atoms with Gasteiger partial charge in [0.25, 0.3) is 5.70 Å². The normalized spacial score (nSPS) is 29.9. The van der Waals surface area contributed by atoms with E-state index in [1.807, 2.05) is 0 Å². The molecule has 186 valence electrons. The Balaban J connectivity index is 2.82. The molecule has 0 aromatic carbocycles. The summed E-state index contributed by atoms with van der Waals surface area (Å²) in [5, 5.41) is 23.5. The van der Waals surface area contributed by atoms with Crippen molar-refractivity contribution in [3.05, 3.63) is 44.1 Å². The molecule has 1 fully saturated rings. The van der Waals surface area contributed by atoms with Gasteiger partial charge >= 0.3 is 23.9 Å². The maximum absolute atomic E-state index is 12.5. The zero-order valence-electron chi connectivity index (χ0n) is 18.5. The van der Waals surface area contributed by atoms with E-state index in [2.05, 4.69) is 20.7 Å².